The Morgan fingerprint density at radius 1 is 1.33 bits per heavy atom. The number of nitrogen functional groups attached to an aromatic ring is 1. The molecule has 1 saturated carbocycles. The van der Waals surface area contributed by atoms with Crippen LogP contribution in [-0.4, -0.2) is 26.7 Å². The normalized spacial score (nSPS) is 23.7. The van der Waals surface area contributed by atoms with Gasteiger partial charge in [0.1, 0.15) is 0 Å². The molecule has 1 aromatic heterocycles. The molecular formula is C18H21F2N3O. The lowest BCUT2D eigenvalue weighted by Gasteiger charge is -2.32. The van der Waals surface area contributed by atoms with Crippen LogP contribution in [0.1, 0.15) is 43.7 Å². The number of halogens is 2. The minimum atomic E-state index is -2.57. The van der Waals surface area contributed by atoms with E-state index in [1.54, 1.807) is 12.5 Å². The Labute approximate surface area is 139 Å². The highest BCUT2D eigenvalue weighted by Gasteiger charge is 2.39. The molecule has 0 saturated heterocycles. The van der Waals surface area contributed by atoms with E-state index in [1.165, 1.54) is 0 Å². The van der Waals surface area contributed by atoms with Crippen LogP contribution in [0.2, 0.25) is 0 Å². The molecule has 1 aliphatic carbocycles. The Hall–Kier alpha value is -1.95. The minimum Gasteiger partial charge on any atom is -0.398 e. The standard InChI is InChI=1S/C18H21F2N3O/c19-18(20)6-4-11(5-7-18)16(24)8-14-17-12(2-1-3-13(17)21)15-9-22-10-23(14)15/h1-3,9-11,14,16,24H,4-8,21H2. The molecule has 3 N–H and O–H groups in total. The van der Waals surface area contributed by atoms with E-state index in [4.69, 9.17) is 5.73 Å². The van der Waals surface area contributed by atoms with Gasteiger partial charge in [-0.2, -0.15) is 0 Å². The van der Waals surface area contributed by atoms with E-state index in [-0.39, 0.29) is 24.8 Å². The van der Waals surface area contributed by atoms with Gasteiger partial charge in [-0.05, 0) is 31.2 Å². The lowest BCUT2D eigenvalue weighted by molar-refractivity contribution is -0.0638. The van der Waals surface area contributed by atoms with Crippen molar-refractivity contribution in [2.24, 2.45) is 5.92 Å². The van der Waals surface area contributed by atoms with Crippen LogP contribution in [0.4, 0.5) is 14.5 Å². The van der Waals surface area contributed by atoms with Gasteiger partial charge in [-0.3, -0.25) is 0 Å². The molecule has 1 fully saturated rings. The van der Waals surface area contributed by atoms with Crippen molar-refractivity contribution < 1.29 is 13.9 Å². The topological polar surface area (TPSA) is 64.1 Å². The number of rotatable bonds is 3. The summed E-state index contributed by atoms with van der Waals surface area (Å²) in [6.45, 7) is 0. The van der Waals surface area contributed by atoms with E-state index < -0.39 is 12.0 Å². The van der Waals surface area contributed by atoms with Gasteiger partial charge in [0, 0.05) is 29.7 Å². The zero-order chi connectivity index (χ0) is 16.9. The molecular weight excluding hydrogens is 312 g/mol. The number of aliphatic hydroxyl groups excluding tert-OH is 1. The molecule has 2 unspecified atom stereocenters. The van der Waals surface area contributed by atoms with E-state index >= 15 is 0 Å². The Bertz CT molecular complexity index is 748. The molecule has 0 spiro atoms. The number of aromatic nitrogens is 2. The first-order valence-corrected chi connectivity index (χ1v) is 8.43. The van der Waals surface area contributed by atoms with E-state index in [9.17, 15) is 13.9 Å². The van der Waals surface area contributed by atoms with E-state index in [1.807, 2.05) is 22.8 Å². The second kappa shape index (κ2) is 5.55. The predicted octanol–water partition coefficient (Wildman–Crippen LogP) is 3.61. The third-order valence-corrected chi connectivity index (χ3v) is 5.52. The van der Waals surface area contributed by atoms with Crippen molar-refractivity contribution in [3.63, 3.8) is 0 Å². The lowest BCUT2D eigenvalue weighted by Crippen LogP contribution is -2.32. The summed E-state index contributed by atoms with van der Waals surface area (Å²) >= 11 is 0. The summed E-state index contributed by atoms with van der Waals surface area (Å²) in [5, 5.41) is 10.7. The van der Waals surface area contributed by atoms with Gasteiger partial charge in [-0.25, -0.2) is 13.8 Å². The first-order valence-electron chi connectivity index (χ1n) is 8.43. The fraction of sp³-hybridized carbons (Fsp3) is 0.500. The SMILES string of the molecule is Nc1cccc2c1C(CC(O)C1CCC(F)(F)CC1)n1cncc1-2. The number of nitrogens with zero attached hydrogens (tertiary/aromatic N) is 2. The Kier molecular flexibility index (Phi) is 3.60. The van der Waals surface area contributed by atoms with Crippen molar-refractivity contribution in [2.45, 2.75) is 50.2 Å². The molecule has 2 aliphatic rings. The number of hydrogen-bond acceptors (Lipinski definition) is 3. The molecule has 128 valence electrons. The van der Waals surface area contributed by atoms with Gasteiger partial charge in [0.25, 0.3) is 0 Å². The Balaban J connectivity index is 1.57. The number of nitrogens with two attached hydrogens (primary N) is 1. The summed E-state index contributed by atoms with van der Waals surface area (Å²) in [4.78, 5) is 4.20. The van der Waals surface area contributed by atoms with Gasteiger partial charge >= 0.3 is 0 Å². The highest BCUT2D eigenvalue weighted by molar-refractivity contribution is 5.75. The van der Waals surface area contributed by atoms with E-state index in [2.05, 4.69) is 4.98 Å². The smallest absolute Gasteiger partial charge is 0.248 e. The molecule has 0 amide bonds. The number of anilines is 1. The molecule has 2 heterocycles. The predicted molar refractivity (Wildman–Crippen MR) is 87.7 cm³/mol. The van der Waals surface area contributed by atoms with Crippen LogP contribution in [0.5, 0.6) is 0 Å². The number of hydrogen-bond donors (Lipinski definition) is 2. The van der Waals surface area contributed by atoms with Crippen molar-refractivity contribution >= 4 is 5.69 Å². The van der Waals surface area contributed by atoms with Crippen LogP contribution in [-0.2, 0) is 0 Å². The van der Waals surface area contributed by atoms with Crippen molar-refractivity contribution in [3.05, 3.63) is 36.3 Å². The highest BCUT2D eigenvalue weighted by atomic mass is 19.3. The summed E-state index contributed by atoms with van der Waals surface area (Å²) in [6.07, 6.45) is 3.88. The Morgan fingerprint density at radius 2 is 2.08 bits per heavy atom. The number of benzene rings is 1. The first kappa shape index (κ1) is 15.6. The molecule has 2 atom stereocenters. The third kappa shape index (κ3) is 2.49. The van der Waals surface area contributed by atoms with Gasteiger partial charge < -0.3 is 15.4 Å². The lowest BCUT2D eigenvalue weighted by atomic mass is 9.80. The molecule has 4 nitrogen and oxygen atoms in total. The van der Waals surface area contributed by atoms with Crippen molar-refractivity contribution in [3.8, 4) is 11.3 Å². The van der Waals surface area contributed by atoms with Crippen LogP contribution in [0.25, 0.3) is 11.3 Å². The molecule has 1 aromatic carbocycles. The fourth-order valence-corrected chi connectivity index (χ4v) is 4.18. The Morgan fingerprint density at radius 3 is 2.83 bits per heavy atom. The van der Waals surface area contributed by atoms with Crippen LogP contribution in [0.15, 0.2) is 30.7 Å². The maximum Gasteiger partial charge on any atom is 0.248 e. The second-order valence-electron chi connectivity index (χ2n) is 7.01. The van der Waals surface area contributed by atoms with Crippen LogP contribution >= 0.6 is 0 Å². The first-order chi connectivity index (χ1) is 11.5. The van der Waals surface area contributed by atoms with Gasteiger partial charge in [0.2, 0.25) is 5.92 Å². The van der Waals surface area contributed by atoms with Gasteiger partial charge in [-0.15, -0.1) is 0 Å². The molecule has 2 aromatic rings. The maximum absolute atomic E-state index is 13.3. The quantitative estimate of drug-likeness (QED) is 0.844. The van der Waals surface area contributed by atoms with Crippen molar-refractivity contribution in [1.82, 2.24) is 9.55 Å². The minimum absolute atomic E-state index is 0.0782. The molecule has 24 heavy (non-hydrogen) atoms. The number of alkyl halides is 2. The largest absolute Gasteiger partial charge is 0.398 e. The summed E-state index contributed by atoms with van der Waals surface area (Å²) in [6, 6.07) is 5.69. The average Bonchev–Trinajstić information content (AvgIpc) is 3.11. The highest BCUT2D eigenvalue weighted by Crippen LogP contribution is 2.46. The van der Waals surface area contributed by atoms with E-state index in [0.29, 0.717) is 24.9 Å². The summed E-state index contributed by atoms with van der Waals surface area (Å²) in [7, 11) is 0. The van der Waals surface area contributed by atoms with E-state index in [0.717, 1.165) is 16.8 Å². The van der Waals surface area contributed by atoms with Crippen molar-refractivity contribution in [2.75, 3.05) is 5.73 Å². The third-order valence-electron chi connectivity index (χ3n) is 5.52. The number of fused-ring (bicyclic) bond motifs is 3. The van der Waals surface area contributed by atoms with Gasteiger partial charge in [0.05, 0.1) is 30.4 Å². The summed E-state index contributed by atoms with van der Waals surface area (Å²) < 4.78 is 28.7. The number of imidazole rings is 1. The molecule has 4 rings (SSSR count). The maximum atomic E-state index is 13.3. The van der Waals surface area contributed by atoms with Crippen LogP contribution in [0, 0.1) is 5.92 Å². The molecule has 0 radical (unpaired) electrons. The number of aliphatic hydroxyl groups is 1. The molecule has 0 bridgehead atoms. The average molecular weight is 333 g/mol. The zero-order valence-electron chi connectivity index (χ0n) is 13.3. The van der Waals surface area contributed by atoms with Crippen LogP contribution in [0.3, 0.4) is 0 Å². The summed E-state index contributed by atoms with van der Waals surface area (Å²) in [5.41, 5.74) is 9.92. The molecule has 1 aliphatic heterocycles. The monoisotopic (exact) mass is 333 g/mol. The van der Waals surface area contributed by atoms with Gasteiger partial charge in [-0.1, -0.05) is 12.1 Å². The molecule has 6 heteroatoms. The van der Waals surface area contributed by atoms with Crippen molar-refractivity contribution in [1.29, 1.82) is 0 Å². The van der Waals surface area contributed by atoms with Gasteiger partial charge in [0.15, 0.2) is 0 Å². The zero-order valence-corrected chi connectivity index (χ0v) is 13.3. The second-order valence-corrected chi connectivity index (χ2v) is 7.01. The fourth-order valence-electron chi connectivity index (χ4n) is 4.18. The summed E-state index contributed by atoms with van der Waals surface area (Å²) in [5.74, 6) is -2.65. The van der Waals surface area contributed by atoms with Crippen LogP contribution < -0.4 is 5.73 Å².